The fraction of sp³-hybridized carbons (Fsp3) is 0.462. The lowest BCUT2D eigenvalue weighted by molar-refractivity contribution is 0.0915. The summed E-state index contributed by atoms with van der Waals surface area (Å²) in [5.74, 6) is -0.128. The molecule has 0 aliphatic carbocycles. The number of rotatable bonds is 4. The van der Waals surface area contributed by atoms with E-state index in [2.05, 4.69) is 5.32 Å². The van der Waals surface area contributed by atoms with Crippen LogP contribution in [0.5, 0.6) is 0 Å². The van der Waals surface area contributed by atoms with Crippen LogP contribution in [-0.2, 0) is 0 Å². The molecule has 2 N–H and O–H groups in total. The Balaban J connectivity index is 2.79. The van der Waals surface area contributed by atoms with E-state index in [1.54, 1.807) is 12.1 Å². The van der Waals surface area contributed by atoms with E-state index < -0.39 is 0 Å². The minimum atomic E-state index is -0.155. The van der Waals surface area contributed by atoms with Crippen LogP contribution in [-0.4, -0.2) is 23.7 Å². The maximum absolute atomic E-state index is 12.0. The van der Waals surface area contributed by atoms with Gasteiger partial charge in [0.25, 0.3) is 5.91 Å². The normalized spacial score (nSPS) is 14.2. The molecule has 0 aliphatic rings. The topological polar surface area (TPSA) is 49.3 Å². The summed E-state index contributed by atoms with van der Waals surface area (Å²) in [7, 11) is 0. The van der Waals surface area contributed by atoms with Crippen LogP contribution in [0.15, 0.2) is 18.2 Å². The van der Waals surface area contributed by atoms with E-state index in [-0.39, 0.29) is 24.5 Å². The first-order valence-corrected chi connectivity index (χ1v) is 6.01. The van der Waals surface area contributed by atoms with E-state index in [0.717, 1.165) is 5.56 Å². The van der Waals surface area contributed by atoms with Gasteiger partial charge in [-0.05, 0) is 37.5 Å². The third-order valence-electron chi connectivity index (χ3n) is 2.94. The molecule has 1 amide bonds. The molecule has 0 bridgehead atoms. The summed E-state index contributed by atoms with van der Waals surface area (Å²) in [6.07, 6.45) is 0. The molecule has 2 atom stereocenters. The van der Waals surface area contributed by atoms with Crippen LogP contribution in [0, 0.1) is 12.8 Å². The Bertz CT molecular complexity index is 406. The molecule has 0 radical (unpaired) electrons. The van der Waals surface area contributed by atoms with E-state index in [0.29, 0.717) is 10.6 Å². The average molecular weight is 256 g/mol. The van der Waals surface area contributed by atoms with Crippen molar-refractivity contribution in [3.8, 4) is 0 Å². The number of hydrogen-bond acceptors (Lipinski definition) is 2. The maximum Gasteiger partial charge on any atom is 0.251 e. The van der Waals surface area contributed by atoms with Crippen molar-refractivity contribution < 1.29 is 9.90 Å². The summed E-state index contributed by atoms with van der Waals surface area (Å²) < 4.78 is 0. The number of carbonyl (C=O) groups is 1. The van der Waals surface area contributed by atoms with Crippen molar-refractivity contribution in [2.24, 2.45) is 5.92 Å². The molecular weight excluding hydrogens is 238 g/mol. The Morgan fingerprint density at radius 2 is 2.12 bits per heavy atom. The Morgan fingerprint density at radius 1 is 1.47 bits per heavy atom. The zero-order valence-electron chi connectivity index (χ0n) is 10.3. The molecule has 1 aromatic rings. The first-order chi connectivity index (χ1) is 7.95. The number of aliphatic hydroxyl groups is 1. The lowest BCUT2D eigenvalue weighted by Crippen LogP contribution is -2.38. The predicted molar refractivity (Wildman–Crippen MR) is 69.4 cm³/mol. The van der Waals surface area contributed by atoms with Gasteiger partial charge in [-0.15, -0.1) is 0 Å². The number of aliphatic hydroxyl groups excluding tert-OH is 1. The number of aryl methyl sites for hydroxylation is 1. The molecule has 0 aromatic heterocycles. The first kappa shape index (κ1) is 14.0. The van der Waals surface area contributed by atoms with Crippen molar-refractivity contribution in [2.75, 3.05) is 6.61 Å². The molecule has 0 saturated heterocycles. The Labute approximate surface area is 107 Å². The zero-order valence-corrected chi connectivity index (χ0v) is 11.1. The van der Waals surface area contributed by atoms with Gasteiger partial charge < -0.3 is 10.4 Å². The molecule has 3 nitrogen and oxygen atoms in total. The molecule has 0 fully saturated rings. The fourth-order valence-corrected chi connectivity index (χ4v) is 1.60. The van der Waals surface area contributed by atoms with Gasteiger partial charge in [-0.25, -0.2) is 0 Å². The number of carbonyl (C=O) groups excluding carboxylic acids is 1. The van der Waals surface area contributed by atoms with Gasteiger partial charge in [0.2, 0.25) is 0 Å². The summed E-state index contributed by atoms with van der Waals surface area (Å²) in [5.41, 5.74) is 1.46. The summed E-state index contributed by atoms with van der Waals surface area (Å²) in [5, 5.41) is 12.4. The van der Waals surface area contributed by atoms with Gasteiger partial charge in [-0.1, -0.05) is 24.6 Å². The molecule has 2 unspecified atom stereocenters. The highest BCUT2D eigenvalue weighted by molar-refractivity contribution is 6.31. The maximum atomic E-state index is 12.0. The van der Waals surface area contributed by atoms with E-state index in [4.69, 9.17) is 16.7 Å². The smallest absolute Gasteiger partial charge is 0.251 e. The van der Waals surface area contributed by atoms with Gasteiger partial charge in [0, 0.05) is 23.2 Å². The second-order valence-electron chi connectivity index (χ2n) is 4.38. The zero-order chi connectivity index (χ0) is 13.0. The van der Waals surface area contributed by atoms with E-state index >= 15 is 0 Å². The third kappa shape index (κ3) is 3.72. The molecular formula is C13H18ClNO2. The summed E-state index contributed by atoms with van der Waals surface area (Å²) in [6.45, 7) is 5.68. The number of hydrogen-bond donors (Lipinski definition) is 2. The van der Waals surface area contributed by atoms with Crippen LogP contribution in [0.25, 0.3) is 0 Å². The van der Waals surface area contributed by atoms with Crippen molar-refractivity contribution in [1.29, 1.82) is 0 Å². The highest BCUT2D eigenvalue weighted by Gasteiger charge is 2.16. The number of benzene rings is 1. The quantitative estimate of drug-likeness (QED) is 0.868. The molecule has 0 saturated carbocycles. The van der Waals surface area contributed by atoms with Gasteiger partial charge >= 0.3 is 0 Å². The minimum Gasteiger partial charge on any atom is -0.396 e. The van der Waals surface area contributed by atoms with E-state index in [1.165, 1.54) is 0 Å². The highest BCUT2D eigenvalue weighted by atomic mass is 35.5. The monoisotopic (exact) mass is 255 g/mol. The molecule has 4 heteroatoms. The lowest BCUT2D eigenvalue weighted by Gasteiger charge is -2.19. The van der Waals surface area contributed by atoms with E-state index in [9.17, 15) is 4.79 Å². The van der Waals surface area contributed by atoms with E-state index in [1.807, 2.05) is 26.8 Å². The van der Waals surface area contributed by atoms with Crippen LogP contribution in [0.3, 0.4) is 0 Å². The second kappa shape index (κ2) is 6.03. The lowest BCUT2D eigenvalue weighted by atomic mass is 10.0. The van der Waals surface area contributed by atoms with Crippen molar-refractivity contribution in [2.45, 2.75) is 26.8 Å². The second-order valence-corrected chi connectivity index (χ2v) is 4.82. The number of nitrogens with one attached hydrogen (secondary N) is 1. The Hall–Kier alpha value is -1.06. The Kier molecular flexibility index (Phi) is 4.97. The molecule has 0 aliphatic heterocycles. The van der Waals surface area contributed by atoms with Gasteiger partial charge in [0.1, 0.15) is 0 Å². The van der Waals surface area contributed by atoms with Crippen molar-refractivity contribution in [3.63, 3.8) is 0 Å². The first-order valence-electron chi connectivity index (χ1n) is 5.63. The van der Waals surface area contributed by atoms with Crippen LogP contribution in [0.2, 0.25) is 5.02 Å². The van der Waals surface area contributed by atoms with Gasteiger partial charge in [0.05, 0.1) is 0 Å². The summed E-state index contributed by atoms with van der Waals surface area (Å²) in [6, 6.07) is 5.15. The van der Waals surface area contributed by atoms with Crippen LogP contribution in [0.1, 0.15) is 29.8 Å². The fourth-order valence-electron chi connectivity index (χ4n) is 1.42. The van der Waals surface area contributed by atoms with Crippen LogP contribution < -0.4 is 5.32 Å². The SMILES string of the molecule is Cc1ccc(Cl)cc1C(=O)NC(C)C(C)CO. The van der Waals surface area contributed by atoms with Gasteiger partial charge in [-0.3, -0.25) is 4.79 Å². The standard InChI is InChI=1S/C13H18ClNO2/c1-8-4-5-11(14)6-12(8)13(17)15-10(3)9(2)7-16/h4-6,9-10,16H,7H2,1-3H3,(H,15,17). The van der Waals surface area contributed by atoms with Crippen LogP contribution in [0.4, 0.5) is 0 Å². The summed E-state index contributed by atoms with van der Waals surface area (Å²) >= 11 is 5.87. The van der Waals surface area contributed by atoms with Gasteiger partial charge in [0.15, 0.2) is 0 Å². The number of amides is 1. The molecule has 0 heterocycles. The predicted octanol–water partition coefficient (Wildman–Crippen LogP) is 2.40. The minimum absolute atomic E-state index is 0.0263. The van der Waals surface area contributed by atoms with Crippen molar-refractivity contribution in [1.82, 2.24) is 5.32 Å². The van der Waals surface area contributed by atoms with Crippen molar-refractivity contribution in [3.05, 3.63) is 34.3 Å². The van der Waals surface area contributed by atoms with Gasteiger partial charge in [-0.2, -0.15) is 0 Å². The largest absolute Gasteiger partial charge is 0.396 e. The number of halogens is 1. The third-order valence-corrected chi connectivity index (χ3v) is 3.18. The molecule has 17 heavy (non-hydrogen) atoms. The Morgan fingerprint density at radius 3 is 2.71 bits per heavy atom. The molecule has 1 rings (SSSR count). The van der Waals surface area contributed by atoms with Crippen LogP contribution >= 0.6 is 11.6 Å². The summed E-state index contributed by atoms with van der Waals surface area (Å²) in [4.78, 5) is 12.0. The molecule has 94 valence electrons. The highest BCUT2D eigenvalue weighted by Crippen LogP contribution is 2.15. The average Bonchev–Trinajstić information content (AvgIpc) is 2.30. The molecule has 1 aromatic carbocycles. The molecule has 0 spiro atoms. The van der Waals surface area contributed by atoms with Crippen molar-refractivity contribution >= 4 is 17.5 Å².